The van der Waals surface area contributed by atoms with E-state index in [0.717, 1.165) is 22.2 Å². The van der Waals surface area contributed by atoms with Crippen LogP contribution in [-0.2, 0) is 0 Å². The normalized spacial score (nSPS) is 17.3. The highest BCUT2D eigenvalue weighted by atomic mass is 35.5. The van der Waals surface area contributed by atoms with Crippen LogP contribution < -0.4 is 5.69 Å². The van der Waals surface area contributed by atoms with Crippen molar-refractivity contribution >= 4 is 17.6 Å². The fourth-order valence-corrected chi connectivity index (χ4v) is 2.67. The number of benzene rings is 1. The molecular formula is C15H18ClN5O2. The SMILES string of the molecule is CC1(C)CCN(C(=O)n2nnn(-c3ccc(Cl)cc3)c2=O)CC1. The predicted molar refractivity (Wildman–Crippen MR) is 86.0 cm³/mol. The van der Waals surface area contributed by atoms with Crippen LogP contribution in [0.2, 0.25) is 5.02 Å². The number of piperidine rings is 1. The fourth-order valence-electron chi connectivity index (χ4n) is 2.55. The molecule has 2 aromatic rings. The Hall–Kier alpha value is -2.15. The lowest BCUT2D eigenvalue weighted by Crippen LogP contribution is -2.46. The van der Waals surface area contributed by atoms with Crippen molar-refractivity contribution in [1.29, 1.82) is 0 Å². The van der Waals surface area contributed by atoms with E-state index in [2.05, 4.69) is 24.3 Å². The van der Waals surface area contributed by atoms with Crippen molar-refractivity contribution in [3.63, 3.8) is 0 Å². The molecule has 1 amide bonds. The van der Waals surface area contributed by atoms with Gasteiger partial charge in [0.05, 0.1) is 5.69 Å². The molecule has 3 rings (SSSR count). The lowest BCUT2D eigenvalue weighted by atomic mass is 9.83. The highest BCUT2D eigenvalue weighted by molar-refractivity contribution is 6.30. The van der Waals surface area contributed by atoms with Gasteiger partial charge in [0.2, 0.25) is 0 Å². The maximum atomic E-state index is 12.5. The van der Waals surface area contributed by atoms with Crippen LogP contribution >= 0.6 is 11.6 Å². The van der Waals surface area contributed by atoms with Crippen LogP contribution in [0, 0.1) is 5.41 Å². The van der Waals surface area contributed by atoms with Crippen molar-refractivity contribution in [2.45, 2.75) is 26.7 Å². The summed E-state index contributed by atoms with van der Waals surface area (Å²) in [5, 5.41) is 8.06. The van der Waals surface area contributed by atoms with Crippen molar-refractivity contribution in [2.24, 2.45) is 5.41 Å². The number of halogens is 1. The molecule has 122 valence electrons. The second kappa shape index (κ2) is 5.81. The number of carbonyl (C=O) groups is 1. The average molecular weight is 336 g/mol. The standard InChI is InChI=1S/C15H18ClN5O2/c1-15(2)7-9-19(10-8-15)13(22)21-14(23)20(17-18-21)12-5-3-11(16)4-6-12/h3-6H,7-10H2,1-2H3. The van der Waals surface area contributed by atoms with Gasteiger partial charge in [-0.3, -0.25) is 0 Å². The summed E-state index contributed by atoms with van der Waals surface area (Å²) in [6.45, 7) is 5.59. The quantitative estimate of drug-likeness (QED) is 0.749. The van der Waals surface area contributed by atoms with Crippen molar-refractivity contribution in [1.82, 2.24) is 24.7 Å². The Morgan fingerprint density at radius 1 is 1.13 bits per heavy atom. The van der Waals surface area contributed by atoms with Gasteiger partial charge in [-0.1, -0.05) is 25.4 Å². The van der Waals surface area contributed by atoms with Gasteiger partial charge in [0.25, 0.3) is 0 Å². The Morgan fingerprint density at radius 2 is 1.74 bits per heavy atom. The van der Waals surface area contributed by atoms with Crippen LogP contribution in [0.25, 0.3) is 5.69 Å². The molecule has 0 aliphatic carbocycles. The molecule has 1 aromatic heterocycles. The Balaban J connectivity index is 1.83. The van der Waals surface area contributed by atoms with Gasteiger partial charge < -0.3 is 4.90 Å². The summed E-state index contributed by atoms with van der Waals surface area (Å²) in [6.07, 6.45) is 1.80. The zero-order chi connectivity index (χ0) is 16.6. The van der Waals surface area contributed by atoms with Crippen LogP contribution in [0.5, 0.6) is 0 Å². The fraction of sp³-hybridized carbons (Fsp3) is 0.467. The van der Waals surface area contributed by atoms with Crippen LogP contribution in [0.4, 0.5) is 4.79 Å². The molecule has 0 saturated carbocycles. The van der Waals surface area contributed by atoms with E-state index in [1.54, 1.807) is 29.2 Å². The zero-order valence-electron chi connectivity index (χ0n) is 13.1. The van der Waals surface area contributed by atoms with E-state index in [-0.39, 0.29) is 5.41 Å². The van der Waals surface area contributed by atoms with E-state index in [9.17, 15) is 9.59 Å². The van der Waals surface area contributed by atoms with Gasteiger partial charge in [-0.2, -0.15) is 4.68 Å². The summed E-state index contributed by atoms with van der Waals surface area (Å²) in [4.78, 5) is 26.5. The first-order valence-corrected chi connectivity index (χ1v) is 7.85. The molecule has 1 aromatic carbocycles. The largest absolute Gasteiger partial charge is 0.377 e. The summed E-state index contributed by atoms with van der Waals surface area (Å²) in [5.74, 6) is 0. The number of hydrogen-bond donors (Lipinski definition) is 0. The van der Waals surface area contributed by atoms with E-state index in [1.807, 2.05) is 0 Å². The molecule has 7 nitrogen and oxygen atoms in total. The molecule has 0 unspecified atom stereocenters. The minimum Gasteiger partial charge on any atom is -0.323 e. The second-order valence-electron chi connectivity index (χ2n) is 6.50. The van der Waals surface area contributed by atoms with Crippen molar-refractivity contribution in [3.8, 4) is 5.69 Å². The monoisotopic (exact) mass is 335 g/mol. The molecule has 1 fully saturated rings. The topological polar surface area (TPSA) is 73.0 Å². The maximum Gasteiger partial charge on any atom is 0.377 e. The third-order valence-electron chi connectivity index (χ3n) is 4.22. The smallest absolute Gasteiger partial charge is 0.323 e. The predicted octanol–water partition coefficient (Wildman–Crippen LogP) is 2.17. The Morgan fingerprint density at radius 3 is 2.35 bits per heavy atom. The first kappa shape index (κ1) is 15.7. The third-order valence-corrected chi connectivity index (χ3v) is 4.47. The summed E-state index contributed by atoms with van der Waals surface area (Å²) < 4.78 is 1.90. The molecule has 0 radical (unpaired) electrons. The van der Waals surface area contributed by atoms with E-state index >= 15 is 0 Å². The summed E-state index contributed by atoms with van der Waals surface area (Å²) >= 11 is 5.83. The highest BCUT2D eigenvalue weighted by Gasteiger charge is 2.30. The van der Waals surface area contributed by atoms with Gasteiger partial charge in [-0.15, -0.1) is 4.68 Å². The van der Waals surface area contributed by atoms with E-state index in [4.69, 9.17) is 11.6 Å². The summed E-state index contributed by atoms with van der Waals surface area (Å²) in [5.41, 5.74) is 0.156. The van der Waals surface area contributed by atoms with Crippen LogP contribution in [0.15, 0.2) is 29.1 Å². The minimum absolute atomic E-state index is 0.225. The molecule has 8 heteroatoms. The lowest BCUT2D eigenvalue weighted by molar-refractivity contribution is 0.138. The van der Waals surface area contributed by atoms with Gasteiger partial charge in [0.1, 0.15) is 0 Å². The zero-order valence-corrected chi connectivity index (χ0v) is 13.8. The van der Waals surface area contributed by atoms with Crippen molar-refractivity contribution < 1.29 is 4.79 Å². The molecule has 0 bridgehead atoms. The minimum atomic E-state index is -0.581. The number of hydrogen-bond acceptors (Lipinski definition) is 4. The summed E-state index contributed by atoms with van der Waals surface area (Å²) in [7, 11) is 0. The molecule has 2 heterocycles. The molecular weight excluding hydrogens is 318 g/mol. The number of carbonyl (C=O) groups excluding carboxylic acids is 1. The number of amides is 1. The second-order valence-corrected chi connectivity index (χ2v) is 6.93. The molecule has 0 N–H and O–H groups in total. The molecule has 0 spiro atoms. The number of tetrazole rings is 1. The summed E-state index contributed by atoms with van der Waals surface area (Å²) in [6, 6.07) is 6.17. The molecule has 1 saturated heterocycles. The van der Waals surface area contributed by atoms with Crippen LogP contribution in [-0.4, -0.2) is 43.8 Å². The van der Waals surface area contributed by atoms with Crippen molar-refractivity contribution in [3.05, 3.63) is 39.8 Å². The van der Waals surface area contributed by atoms with Gasteiger partial charge in [-0.25, -0.2) is 9.59 Å². The number of rotatable bonds is 1. The molecule has 23 heavy (non-hydrogen) atoms. The van der Waals surface area contributed by atoms with Crippen LogP contribution in [0.3, 0.4) is 0 Å². The van der Waals surface area contributed by atoms with Gasteiger partial charge in [-0.05, 0) is 52.9 Å². The lowest BCUT2D eigenvalue weighted by Gasteiger charge is -2.36. The third kappa shape index (κ3) is 3.14. The van der Waals surface area contributed by atoms with E-state index < -0.39 is 11.7 Å². The van der Waals surface area contributed by atoms with Crippen LogP contribution in [0.1, 0.15) is 26.7 Å². The van der Waals surface area contributed by atoms with Gasteiger partial charge >= 0.3 is 11.7 Å². The average Bonchev–Trinajstić information content (AvgIpc) is 2.89. The van der Waals surface area contributed by atoms with E-state index in [0.29, 0.717) is 23.8 Å². The first-order chi connectivity index (χ1) is 10.9. The number of nitrogens with zero attached hydrogens (tertiary/aromatic N) is 5. The number of aromatic nitrogens is 4. The molecule has 1 aliphatic heterocycles. The van der Waals surface area contributed by atoms with Gasteiger partial charge in [0, 0.05) is 18.1 Å². The van der Waals surface area contributed by atoms with Crippen molar-refractivity contribution in [2.75, 3.05) is 13.1 Å². The molecule has 1 aliphatic rings. The Labute approximate surface area is 138 Å². The first-order valence-electron chi connectivity index (χ1n) is 7.48. The number of likely N-dealkylation sites (tertiary alicyclic amines) is 1. The highest BCUT2D eigenvalue weighted by Crippen LogP contribution is 2.29. The molecule has 0 atom stereocenters. The van der Waals surface area contributed by atoms with Gasteiger partial charge in [0.15, 0.2) is 0 Å². The maximum absolute atomic E-state index is 12.5. The Kier molecular flexibility index (Phi) is 3.97. The Bertz CT molecular complexity index is 768. The van der Waals surface area contributed by atoms with E-state index in [1.165, 1.54) is 0 Å².